The molecule has 1 amide bonds. The molecule has 1 saturated heterocycles. The molecule has 1 aliphatic rings. The second-order valence-corrected chi connectivity index (χ2v) is 6.70. The van der Waals surface area contributed by atoms with Gasteiger partial charge in [0.1, 0.15) is 5.37 Å². The Morgan fingerprint density at radius 2 is 1.86 bits per heavy atom. The number of nitro benzene ring substituents is 1. The third-order valence-corrected chi connectivity index (χ3v) is 5.09. The Hall–Kier alpha value is -1.86. The normalized spacial score (nSPS) is 17.8. The Bertz CT molecular complexity index is 736. The third kappa shape index (κ3) is 2.74. The second-order valence-electron chi connectivity index (χ2n) is 4.72. The van der Waals surface area contributed by atoms with Gasteiger partial charge in [-0.3, -0.25) is 19.8 Å². The standard InChI is InChI=1S/C15H11BrN2O3S/c16-10-5-7-11(8-6-10)17-14(19)9-22-15(17)12-3-1-2-4-13(12)18(20)21/h1-8,15H,9H2/t15-/m1/s1. The van der Waals surface area contributed by atoms with Gasteiger partial charge in [-0.15, -0.1) is 11.8 Å². The van der Waals surface area contributed by atoms with Crippen molar-refractivity contribution in [2.45, 2.75) is 5.37 Å². The summed E-state index contributed by atoms with van der Waals surface area (Å²) in [6.07, 6.45) is 0. The fraction of sp³-hybridized carbons (Fsp3) is 0.133. The van der Waals surface area contributed by atoms with Crippen molar-refractivity contribution in [3.05, 3.63) is 68.7 Å². The fourth-order valence-corrected chi connectivity index (χ4v) is 3.87. The zero-order valence-corrected chi connectivity index (χ0v) is 13.7. The highest BCUT2D eigenvalue weighted by Crippen LogP contribution is 2.44. The van der Waals surface area contributed by atoms with Gasteiger partial charge in [0, 0.05) is 16.2 Å². The van der Waals surface area contributed by atoms with Crippen molar-refractivity contribution in [2.24, 2.45) is 0 Å². The van der Waals surface area contributed by atoms with Crippen molar-refractivity contribution in [1.29, 1.82) is 0 Å². The topological polar surface area (TPSA) is 63.4 Å². The Balaban J connectivity index is 2.05. The first-order valence-corrected chi connectivity index (χ1v) is 8.34. The average molecular weight is 379 g/mol. The summed E-state index contributed by atoms with van der Waals surface area (Å²) in [4.78, 5) is 24.7. The minimum atomic E-state index is -0.404. The number of carbonyl (C=O) groups is 1. The smallest absolute Gasteiger partial charge is 0.275 e. The monoisotopic (exact) mass is 378 g/mol. The van der Waals surface area contributed by atoms with Gasteiger partial charge in [-0.25, -0.2) is 0 Å². The molecule has 0 bridgehead atoms. The maximum atomic E-state index is 12.2. The fourth-order valence-electron chi connectivity index (χ4n) is 2.40. The third-order valence-electron chi connectivity index (χ3n) is 3.37. The van der Waals surface area contributed by atoms with E-state index in [0.29, 0.717) is 11.3 Å². The number of thioether (sulfide) groups is 1. The molecular formula is C15H11BrN2O3S. The van der Waals surface area contributed by atoms with E-state index in [1.54, 1.807) is 23.1 Å². The minimum Gasteiger partial charge on any atom is -0.295 e. The lowest BCUT2D eigenvalue weighted by Gasteiger charge is -2.24. The highest BCUT2D eigenvalue weighted by atomic mass is 79.9. The number of anilines is 1. The Labute approximate surface area is 139 Å². The van der Waals surface area contributed by atoms with Crippen molar-refractivity contribution in [3.8, 4) is 0 Å². The van der Waals surface area contributed by atoms with Gasteiger partial charge >= 0.3 is 0 Å². The van der Waals surface area contributed by atoms with Crippen LogP contribution >= 0.6 is 27.7 Å². The summed E-state index contributed by atoms with van der Waals surface area (Å²) in [5, 5.41) is 10.9. The van der Waals surface area contributed by atoms with Crippen molar-refractivity contribution >= 4 is 45.0 Å². The summed E-state index contributed by atoms with van der Waals surface area (Å²) < 4.78 is 0.915. The molecule has 2 aromatic rings. The van der Waals surface area contributed by atoms with Crippen molar-refractivity contribution in [2.75, 3.05) is 10.7 Å². The molecule has 3 rings (SSSR count). The van der Waals surface area contributed by atoms with Crippen LogP contribution in [0.15, 0.2) is 53.0 Å². The number of amides is 1. The van der Waals surface area contributed by atoms with Crippen LogP contribution in [0.4, 0.5) is 11.4 Å². The van der Waals surface area contributed by atoms with E-state index in [2.05, 4.69) is 15.9 Å². The zero-order valence-electron chi connectivity index (χ0n) is 11.3. The quantitative estimate of drug-likeness (QED) is 0.594. The van der Waals surface area contributed by atoms with Crippen LogP contribution < -0.4 is 4.90 Å². The summed E-state index contributed by atoms with van der Waals surface area (Å²) in [6.45, 7) is 0. The van der Waals surface area contributed by atoms with Crippen LogP contribution in [-0.2, 0) is 4.79 Å². The number of halogens is 1. The predicted molar refractivity (Wildman–Crippen MR) is 89.9 cm³/mol. The highest BCUT2D eigenvalue weighted by Gasteiger charge is 2.37. The number of nitro groups is 1. The zero-order chi connectivity index (χ0) is 15.7. The van der Waals surface area contributed by atoms with E-state index in [0.717, 1.165) is 10.2 Å². The molecule has 1 fully saturated rings. The molecule has 1 heterocycles. The lowest BCUT2D eigenvalue weighted by atomic mass is 10.1. The molecular weight excluding hydrogens is 368 g/mol. The van der Waals surface area contributed by atoms with Gasteiger partial charge in [0.2, 0.25) is 5.91 Å². The lowest BCUT2D eigenvalue weighted by molar-refractivity contribution is -0.385. The van der Waals surface area contributed by atoms with Crippen LogP contribution in [0, 0.1) is 10.1 Å². The summed E-state index contributed by atoms with van der Waals surface area (Å²) in [6, 6.07) is 13.9. The predicted octanol–water partition coefficient (Wildman–Crippen LogP) is 4.14. The van der Waals surface area contributed by atoms with E-state index < -0.39 is 4.92 Å². The Kier molecular flexibility index (Phi) is 4.17. The molecule has 0 radical (unpaired) electrons. The number of nitrogens with zero attached hydrogens (tertiary/aromatic N) is 2. The van der Waals surface area contributed by atoms with Gasteiger partial charge in [-0.2, -0.15) is 0 Å². The van der Waals surface area contributed by atoms with Crippen LogP contribution in [0.25, 0.3) is 0 Å². The summed E-state index contributed by atoms with van der Waals surface area (Å²) in [5.41, 5.74) is 1.32. The first-order chi connectivity index (χ1) is 10.6. The van der Waals surface area contributed by atoms with Gasteiger partial charge in [-0.05, 0) is 30.3 Å². The summed E-state index contributed by atoms with van der Waals surface area (Å²) in [5.74, 6) is 0.266. The summed E-state index contributed by atoms with van der Waals surface area (Å²) >= 11 is 4.76. The molecule has 1 aliphatic heterocycles. The Morgan fingerprint density at radius 1 is 1.18 bits per heavy atom. The molecule has 1 atom stereocenters. The summed E-state index contributed by atoms with van der Waals surface area (Å²) in [7, 11) is 0. The van der Waals surface area contributed by atoms with E-state index in [1.165, 1.54) is 17.8 Å². The molecule has 0 aliphatic carbocycles. The van der Waals surface area contributed by atoms with Crippen molar-refractivity contribution in [3.63, 3.8) is 0 Å². The van der Waals surface area contributed by atoms with Gasteiger partial charge in [0.05, 0.1) is 16.2 Å². The molecule has 0 unspecified atom stereocenters. The number of carbonyl (C=O) groups excluding carboxylic acids is 1. The Morgan fingerprint density at radius 3 is 2.55 bits per heavy atom. The van der Waals surface area contributed by atoms with E-state index in [1.807, 2.05) is 24.3 Å². The number of hydrogen-bond donors (Lipinski definition) is 0. The molecule has 112 valence electrons. The second kappa shape index (κ2) is 6.10. The minimum absolute atomic E-state index is 0.0387. The highest BCUT2D eigenvalue weighted by molar-refractivity contribution is 9.10. The molecule has 0 N–H and O–H groups in total. The molecule has 0 spiro atoms. The van der Waals surface area contributed by atoms with Gasteiger partial charge in [-0.1, -0.05) is 28.1 Å². The van der Waals surface area contributed by atoms with Crippen LogP contribution in [-0.4, -0.2) is 16.6 Å². The van der Waals surface area contributed by atoms with Crippen molar-refractivity contribution in [1.82, 2.24) is 0 Å². The van der Waals surface area contributed by atoms with Gasteiger partial charge in [0.15, 0.2) is 0 Å². The molecule has 22 heavy (non-hydrogen) atoms. The van der Waals surface area contributed by atoms with Crippen LogP contribution in [0.5, 0.6) is 0 Å². The van der Waals surface area contributed by atoms with E-state index in [9.17, 15) is 14.9 Å². The van der Waals surface area contributed by atoms with E-state index in [4.69, 9.17) is 0 Å². The first-order valence-electron chi connectivity index (χ1n) is 6.50. The largest absolute Gasteiger partial charge is 0.295 e. The molecule has 2 aromatic carbocycles. The molecule has 5 nitrogen and oxygen atoms in total. The lowest BCUT2D eigenvalue weighted by Crippen LogP contribution is -2.28. The van der Waals surface area contributed by atoms with Crippen LogP contribution in [0.1, 0.15) is 10.9 Å². The van der Waals surface area contributed by atoms with E-state index in [-0.39, 0.29) is 17.0 Å². The maximum Gasteiger partial charge on any atom is 0.275 e. The number of para-hydroxylation sites is 1. The number of rotatable bonds is 3. The number of benzene rings is 2. The van der Waals surface area contributed by atoms with Crippen LogP contribution in [0.2, 0.25) is 0 Å². The van der Waals surface area contributed by atoms with Gasteiger partial charge < -0.3 is 0 Å². The molecule has 7 heteroatoms. The van der Waals surface area contributed by atoms with E-state index >= 15 is 0 Å². The SMILES string of the molecule is O=C1CS[C@H](c2ccccc2[N+](=O)[O-])N1c1ccc(Br)cc1. The maximum absolute atomic E-state index is 12.2. The van der Waals surface area contributed by atoms with Crippen molar-refractivity contribution < 1.29 is 9.72 Å². The van der Waals surface area contributed by atoms with Crippen LogP contribution in [0.3, 0.4) is 0 Å². The molecule has 0 aromatic heterocycles. The first kappa shape index (κ1) is 15.1. The number of hydrogen-bond acceptors (Lipinski definition) is 4. The average Bonchev–Trinajstić information content (AvgIpc) is 2.90. The molecule has 0 saturated carbocycles. The van der Waals surface area contributed by atoms with Gasteiger partial charge in [0.25, 0.3) is 5.69 Å².